The highest BCUT2D eigenvalue weighted by Gasteiger charge is 2.31. The van der Waals surface area contributed by atoms with E-state index in [9.17, 15) is 5.11 Å². The van der Waals surface area contributed by atoms with Gasteiger partial charge in [0, 0.05) is 12.6 Å². The summed E-state index contributed by atoms with van der Waals surface area (Å²) in [5.74, 6) is 7.18. The molecular formula is C10H17N5O. The average molecular weight is 223 g/mol. The smallest absolute Gasteiger partial charge is 0.145 e. The highest BCUT2D eigenvalue weighted by atomic mass is 16.3. The van der Waals surface area contributed by atoms with Gasteiger partial charge < -0.3 is 15.4 Å². The molecule has 2 heterocycles. The van der Waals surface area contributed by atoms with Crippen molar-refractivity contribution in [2.24, 2.45) is 11.8 Å². The monoisotopic (exact) mass is 223 g/mol. The van der Waals surface area contributed by atoms with Gasteiger partial charge in [-0.15, -0.1) is 0 Å². The predicted molar refractivity (Wildman–Crippen MR) is 61.8 cm³/mol. The number of nitrogen functional groups attached to an aromatic ring is 1. The third-order valence-corrected chi connectivity index (χ3v) is 3.16. The molecule has 0 aromatic carbocycles. The summed E-state index contributed by atoms with van der Waals surface area (Å²) in [5.41, 5.74) is 2.49. The molecule has 88 valence electrons. The number of anilines is 2. The molecule has 4 N–H and O–H groups in total. The fraction of sp³-hybridized carbons (Fsp3) is 0.600. The number of rotatable bonds is 3. The zero-order valence-electron chi connectivity index (χ0n) is 9.30. The second-order valence-electron chi connectivity index (χ2n) is 4.12. The van der Waals surface area contributed by atoms with Crippen molar-refractivity contribution in [3.63, 3.8) is 0 Å². The van der Waals surface area contributed by atoms with E-state index in [0.717, 1.165) is 18.8 Å². The number of aromatic nitrogens is 2. The number of hydrogen-bond acceptors (Lipinski definition) is 6. The average Bonchev–Trinajstić information content (AvgIpc) is 2.70. The zero-order chi connectivity index (χ0) is 11.5. The summed E-state index contributed by atoms with van der Waals surface area (Å²) in [6.45, 7) is 3.20. The van der Waals surface area contributed by atoms with Crippen molar-refractivity contribution < 1.29 is 5.11 Å². The molecule has 6 heteroatoms. The third-order valence-electron chi connectivity index (χ3n) is 3.16. The van der Waals surface area contributed by atoms with E-state index in [-0.39, 0.29) is 12.6 Å². The first-order valence-corrected chi connectivity index (χ1v) is 5.42. The van der Waals surface area contributed by atoms with Crippen LogP contribution in [0.3, 0.4) is 0 Å². The molecule has 1 saturated heterocycles. The van der Waals surface area contributed by atoms with E-state index in [1.807, 2.05) is 0 Å². The van der Waals surface area contributed by atoms with Gasteiger partial charge in [-0.1, -0.05) is 6.92 Å². The minimum Gasteiger partial charge on any atom is -0.394 e. The Kier molecular flexibility index (Phi) is 3.21. The molecule has 16 heavy (non-hydrogen) atoms. The quantitative estimate of drug-likeness (QED) is 0.492. The SMILES string of the molecule is CC1CCN(c2cc(NN)ncn2)C1CO. The number of hydrogen-bond donors (Lipinski definition) is 3. The second-order valence-corrected chi connectivity index (χ2v) is 4.12. The maximum atomic E-state index is 9.37. The van der Waals surface area contributed by atoms with E-state index in [1.165, 1.54) is 6.33 Å². The molecule has 1 aromatic heterocycles. The van der Waals surface area contributed by atoms with Gasteiger partial charge in [-0.05, 0) is 12.3 Å². The van der Waals surface area contributed by atoms with Crippen LogP contribution >= 0.6 is 0 Å². The molecule has 2 unspecified atom stereocenters. The summed E-state index contributed by atoms with van der Waals surface area (Å²) in [6.07, 6.45) is 2.54. The minimum absolute atomic E-state index is 0.139. The normalized spacial score (nSPS) is 24.8. The Morgan fingerprint density at radius 2 is 2.44 bits per heavy atom. The Balaban J connectivity index is 2.22. The van der Waals surface area contributed by atoms with Crippen LogP contribution in [0.1, 0.15) is 13.3 Å². The molecule has 2 atom stereocenters. The van der Waals surface area contributed by atoms with Crippen LogP contribution < -0.4 is 16.2 Å². The van der Waals surface area contributed by atoms with Gasteiger partial charge in [-0.2, -0.15) is 0 Å². The number of hydrazine groups is 1. The van der Waals surface area contributed by atoms with Crippen molar-refractivity contribution in [1.29, 1.82) is 0 Å². The summed E-state index contributed by atoms with van der Waals surface area (Å²) in [6, 6.07) is 1.93. The summed E-state index contributed by atoms with van der Waals surface area (Å²) in [4.78, 5) is 10.3. The van der Waals surface area contributed by atoms with Gasteiger partial charge in [0.25, 0.3) is 0 Å². The molecule has 0 bridgehead atoms. The summed E-state index contributed by atoms with van der Waals surface area (Å²) in [5, 5.41) is 9.37. The molecule has 1 aliphatic rings. The standard InChI is InChI=1S/C10H17N5O/c1-7-2-3-15(8(7)5-16)10-4-9(14-11)12-6-13-10/h4,6-8,16H,2-3,5,11H2,1H3,(H,12,13,14). The Labute approximate surface area is 94.5 Å². The molecule has 0 spiro atoms. The predicted octanol–water partition coefficient (Wildman–Crippen LogP) is -0.0307. The lowest BCUT2D eigenvalue weighted by Crippen LogP contribution is -2.35. The van der Waals surface area contributed by atoms with E-state index in [1.54, 1.807) is 6.07 Å². The second kappa shape index (κ2) is 4.63. The van der Waals surface area contributed by atoms with Crippen molar-refractivity contribution in [1.82, 2.24) is 9.97 Å². The summed E-state index contributed by atoms with van der Waals surface area (Å²) < 4.78 is 0. The van der Waals surface area contributed by atoms with E-state index >= 15 is 0 Å². The Morgan fingerprint density at radius 1 is 1.62 bits per heavy atom. The minimum atomic E-state index is 0.139. The van der Waals surface area contributed by atoms with E-state index in [0.29, 0.717) is 11.7 Å². The first-order chi connectivity index (χ1) is 7.76. The van der Waals surface area contributed by atoms with Crippen LogP contribution in [0, 0.1) is 5.92 Å². The molecule has 0 amide bonds. The van der Waals surface area contributed by atoms with Crippen molar-refractivity contribution in [3.05, 3.63) is 12.4 Å². The first-order valence-electron chi connectivity index (χ1n) is 5.42. The molecule has 1 fully saturated rings. The van der Waals surface area contributed by atoms with E-state index < -0.39 is 0 Å². The first kappa shape index (κ1) is 11.1. The summed E-state index contributed by atoms with van der Waals surface area (Å²) >= 11 is 0. The van der Waals surface area contributed by atoms with Crippen molar-refractivity contribution in [2.45, 2.75) is 19.4 Å². The zero-order valence-corrected chi connectivity index (χ0v) is 9.30. The van der Waals surface area contributed by atoms with Gasteiger partial charge in [0.2, 0.25) is 0 Å². The van der Waals surface area contributed by atoms with Crippen LogP contribution in [0.15, 0.2) is 12.4 Å². The van der Waals surface area contributed by atoms with Crippen LogP contribution in [-0.4, -0.2) is 34.3 Å². The third kappa shape index (κ3) is 1.94. The van der Waals surface area contributed by atoms with Crippen LogP contribution in [0.25, 0.3) is 0 Å². The van der Waals surface area contributed by atoms with Crippen LogP contribution in [0.2, 0.25) is 0 Å². The van der Waals surface area contributed by atoms with Crippen LogP contribution in [0.5, 0.6) is 0 Å². The highest BCUT2D eigenvalue weighted by molar-refractivity contribution is 5.49. The number of nitrogens with one attached hydrogen (secondary N) is 1. The Morgan fingerprint density at radius 3 is 3.12 bits per heavy atom. The van der Waals surface area contributed by atoms with Crippen molar-refractivity contribution in [2.75, 3.05) is 23.5 Å². The highest BCUT2D eigenvalue weighted by Crippen LogP contribution is 2.28. The molecule has 0 aliphatic carbocycles. The van der Waals surface area contributed by atoms with Gasteiger partial charge in [-0.3, -0.25) is 0 Å². The number of nitrogens with zero attached hydrogens (tertiary/aromatic N) is 3. The van der Waals surface area contributed by atoms with Crippen molar-refractivity contribution in [3.8, 4) is 0 Å². The fourth-order valence-corrected chi connectivity index (χ4v) is 2.15. The Bertz CT molecular complexity index is 359. The summed E-state index contributed by atoms with van der Waals surface area (Å²) in [7, 11) is 0. The van der Waals surface area contributed by atoms with Crippen molar-refractivity contribution >= 4 is 11.6 Å². The Hall–Kier alpha value is -1.40. The number of aliphatic hydroxyl groups excluding tert-OH is 1. The van der Waals surface area contributed by atoms with Gasteiger partial charge in [-0.25, -0.2) is 15.8 Å². The van der Waals surface area contributed by atoms with Crippen LogP contribution in [-0.2, 0) is 0 Å². The van der Waals surface area contributed by atoms with E-state index in [2.05, 4.69) is 27.2 Å². The topological polar surface area (TPSA) is 87.3 Å². The molecule has 1 aliphatic heterocycles. The van der Waals surface area contributed by atoms with Gasteiger partial charge in [0.15, 0.2) is 0 Å². The lowest BCUT2D eigenvalue weighted by Gasteiger charge is -2.26. The van der Waals surface area contributed by atoms with Gasteiger partial charge in [0.05, 0.1) is 12.6 Å². The lowest BCUT2D eigenvalue weighted by molar-refractivity contribution is 0.244. The molecular weight excluding hydrogens is 206 g/mol. The molecule has 6 nitrogen and oxygen atoms in total. The molecule has 1 aromatic rings. The van der Waals surface area contributed by atoms with Gasteiger partial charge in [0.1, 0.15) is 18.0 Å². The lowest BCUT2D eigenvalue weighted by atomic mass is 10.0. The molecule has 0 saturated carbocycles. The van der Waals surface area contributed by atoms with Gasteiger partial charge >= 0.3 is 0 Å². The molecule has 2 rings (SSSR count). The van der Waals surface area contributed by atoms with E-state index in [4.69, 9.17) is 5.84 Å². The van der Waals surface area contributed by atoms with Crippen LogP contribution in [0.4, 0.5) is 11.6 Å². The largest absolute Gasteiger partial charge is 0.394 e. The maximum absolute atomic E-state index is 9.37. The fourth-order valence-electron chi connectivity index (χ4n) is 2.15. The maximum Gasteiger partial charge on any atom is 0.145 e. The number of aliphatic hydroxyl groups is 1. The number of nitrogens with two attached hydrogens (primary N) is 1. The molecule has 0 radical (unpaired) electrons.